The first-order valence-electron chi connectivity index (χ1n) is 10.0. The first-order chi connectivity index (χ1) is 14.8. The van der Waals surface area contributed by atoms with Gasteiger partial charge in [0.25, 0.3) is 0 Å². The van der Waals surface area contributed by atoms with Crippen LogP contribution >= 0.6 is 11.6 Å². The zero-order valence-electron chi connectivity index (χ0n) is 17.2. The molecular formula is C22H24ClN3O4S. The van der Waals surface area contributed by atoms with Crippen molar-refractivity contribution in [1.82, 2.24) is 9.97 Å². The van der Waals surface area contributed by atoms with Gasteiger partial charge in [0.05, 0.1) is 15.6 Å². The van der Waals surface area contributed by atoms with Crippen molar-refractivity contribution >= 4 is 38.9 Å². The number of benzene rings is 1. The fraction of sp³-hybridized carbons (Fsp3) is 0.409. The predicted octanol–water partition coefficient (Wildman–Crippen LogP) is 3.51. The Hall–Kier alpha value is -2.47. The van der Waals surface area contributed by atoms with E-state index in [2.05, 4.69) is 21.8 Å². The highest BCUT2D eigenvalue weighted by atomic mass is 35.5. The second kappa shape index (κ2) is 10.2. The Morgan fingerprint density at radius 2 is 1.97 bits per heavy atom. The zero-order valence-corrected chi connectivity index (χ0v) is 18.8. The predicted molar refractivity (Wildman–Crippen MR) is 119 cm³/mol. The number of sulfone groups is 1. The maximum absolute atomic E-state index is 13.3. The summed E-state index contributed by atoms with van der Waals surface area (Å²) < 4.78 is 23.9. The van der Waals surface area contributed by atoms with E-state index in [1.54, 1.807) is 0 Å². The molecule has 0 aliphatic heterocycles. The van der Waals surface area contributed by atoms with Crippen LogP contribution in [0.25, 0.3) is 0 Å². The summed E-state index contributed by atoms with van der Waals surface area (Å²) in [4.78, 5) is 23.2. The Kier molecular flexibility index (Phi) is 7.65. The van der Waals surface area contributed by atoms with E-state index in [0.29, 0.717) is 18.0 Å². The standard InChI is InChI=1S/C22H24ClN3O4S/c1-31(29,30)20-10-9-17(15-18(20)23)26(21(28)11-8-16-5-2-3-6-16)22-19(7-4-14-27)24-12-13-25-22/h9-10,12-13,15-16,27H,2-3,5-6,8,11,14H2,1H3. The Morgan fingerprint density at radius 3 is 2.61 bits per heavy atom. The van der Waals surface area contributed by atoms with E-state index < -0.39 is 9.84 Å². The molecule has 2 aromatic rings. The molecule has 1 N–H and O–H groups in total. The van der Waals surface area contributed by atoms with E-state index in [4.69, 9.17) is 16.7 Å². The van der Waals surface area contributed by atoms with Gasteiger partial charge in [-0.2, -0.15) is 0 Å². The Morgan fingerprint density at radius 1 is 1.26 bits per heavy atom. The summed E-state index contributed by atoms with van der Waals surface area (Å²) in [6, 6.07) is 4.33. The molecule has 0 saturated heterocycles. The number of hydrogen-bond donors (Lipinski definition) is 1. The van der Waals surface area contributed by atoms with Gasteiger partial charge in [-0.3, -0.25) is 9.69 Å². The Balaban J connectivity index is 2.03. The molecule has 3 rings (SSSR count). The van der Waals surface area contributed by atoms with Crippen LogP contribution in [0.15, 0.2) is 35.5 Å². The molecule has 31 heavy (non-hydrogen) atoms. The number of rotatable bonds is 6. The van der Waals surface area contributed by atoms with Crippen molar-refractivity contribution < 1.29 is 18.3 Å². The summed E-state index contributed by atoms with van der Waals surface area (Å²) in [7, 11) is -3.52. The molecule has 0 bridgehead atoms. The molecule has 0 atom stereocenters. The first kappa shape index (κ1) is 23.2. The van der Waals surface area contributed by atoms with Crippen LogP contribution in [0.3, 0.4) is 0 Å². The molecule has 164 valence electrons. The molecular weight excluding hydrogens is 438 g/mol. The molecule has 1 aliphatic rings. The number of aliphatic hydroxyl groups is 1. The van der Waals surface area contributed by atoms with E-state index in [0.717, 1.165) is 25.5 Å². The normalized spacial score (nSPS) is 14.2. The molecule has 9 heteroatoms. The molecule has 7 nitrogen and oxygen atoms in total. The van der Waals surface area contributed by atoms with Gasteiger partial charge in [0, 0.05) is 25.1 Å². The third kappa shape index (κ3) is 5.82. The maximum atomic E-state index is 13.3. The quantitative estimate of drug-likeness (QED) is 0.660. The lowest BCUT2D eigenvalue weighted by Crippen LogP contribution is -2.28. The van der Waals surface area contributed by atoms with E-state index in [1.165, 1.54) is 48.3 Å². The molecule has 0 spiro atoms. The van der Waals surface area contributed by atoms with Gasteiger partial charge in [0.15, 0.2) is 21.3 Å². The van der Waals surface area contributed by atoms with Crippen LogP contribution in [0, 0.1) is 17.8 Å². The average molecular weight is 462 g/mol. The number of halogens is 1. The highest BCUT2D eigenvalue weighted by molar-refractivity contribution is 7.90. The molecule has 0 radical (unpaired) electrons. The molecule has 1 saturated carbocycles. The number of carbonyl (C=O) groups excluding carboxylic acids is 1. The van der Waals surface area contributed by atoms with Crippen molar-refractivity contribution in [3.05, 3.63) is 41.3 Å². The lowest BCUT2D eigenvalue weighted by atomic mass is 10.0. The van der Waals surface area contributed by atoms with Crippen LogP contribution in [-0.4, -0.2) is 42.3 Å². The van der Waals surface area contributed by atoms with Gasteiger partial charge in [-0.05, 0) is 36.5 Å². The molecule has 1 aromatic carbocycles. The van der Waals surface area contributed by atoms with Gasteiger partial charge in [-0.15, -0.1) is 0 Å². The van der Waals surface area contributed by atoms with E-state index in [9.17, 15) is 13.2 Å². The van der Waals surface area contributed by atoms with Crippen LogP contribution in [0.2, 0.25) is 5.02 Å². The summed E-state index contributed by atoms with van der Waals surface area (Å²) in [5.41, 5.74) is 0.607. The lowest BCUT2D eigenvalue weighted by Gasteiger charge is -2.24. The van der Waals surface area contributed by atoms with Gasteiger partial charge in [0.2, 0.25) is 5.91 Å². The highest BCUT2D eigenvalue weighted by Crippen LogP contribution is 2.34. The van der Waals surface area contributed by atoms with E-state index in [-0.39, 0.29) is 33.9 Å². The SMILES string of the molecule is CS(=O)(=O)c1ccc(N(C(=O)CCC2CCCC2)c2nccnc2C#CCO)cc1Cl. The summed E-state index contributed by atoms with van der Waals surface area (Å²) in [5, 5.41) is 9.07. The number of anilines is 2. The summed E-state index contributed by atoms with van der Waals surface area (Å²) in [6.45, 7) is -0.361. The largest absolute Gasteiger partial charge is 0.384 e. The number of carbonyl (C=O) groups is 1. The second-order valence-corrected chi connectivity index (χ2v) is 9.88. The Labute approximate surface area is 187 Å². The van der Waals surface area contributed by atoms with Crippen LogP contribution < -0.4 is 4.90 Å². The minimum absolute atomic E-state index is 0.0143. The van der Waals surface area contributed by atoms with Gasteiger partial charge >= 0.3 is 0 Å². The van der Waals surface area contributed by atoms with Crippen molar-refractivity contribution in [2.24, 2.45) is 5.92 Å². The van der Waals surface area contributed by atoms with E-state index in [1.807, 2.05) is 0 Å². The van der Waals surface area contributed by atoms with Crippen molar-refractivity contribution in [2.75, 3.05) is 17.8 Å². The number of amides is 1. The number of nitrogens with zero attached hydrogens (tertiary/aromatic N) is 3. The lowest BCUT2D eigenvalue weighted by molar-refractivity contribution is -0.118. The average Bonchev–Trinajstić information content (AvgIpc) is 3.24. The third-order valence-electron chi connectivity index (χ3n) is 5.24. The van der Waals surface area contributed by atoms with Gasteiger partial charge < -0.3 is 5.11 Å². The van der Waals surface area contributed by atoms with Crippen molar-refractivity contribution in [3.63, 3.8) is 0 Å². The smallest absolute Gasteiger partial charge is 0.232 e. The third-order valence-corrected chi connectivity index (χ3v) is 6.82. The van der Waals surface area contributed by atoms with Crippen molar-refractivity contribution in [3.8, 4) is 11.8 Å². The summed E-state index contributed by atoms with van der Waals surface area (Å²) in [5.74, 6) is 5.78. The maximum Gasteiger partial charge on any atom is 0.232 e. The highest BCUT2D eigenvalue weighted by Gasteiger charge is 2.26. The Bertz CT molecular complexity index is 1120. The summed E-state index contributed by atoms with van der Waals surface area (Å²) >= 11 is 6.24. The molecule has 1 amide bonds. The monoisotopic (exact) mass is 461 g/mol. The van der Waals surface area contributed by atoms with Crippen molar-refractivity contribution in [1.29, 1.82) is 0 Å². The van der Waals surface area contributed by atoms with Crippen LogP contribution in [-0.2, 0) is 14.6 Å². The zero-order chi connectivity index (χ0) is 22.4. The minimum atomic E-state index is -3.52. The summed E-state index contributed by atoms with van der Waals surface area (Å²) in [6.07, 6.45) is 9.67. The molecule has 1 aromatic heterocycles. The van der Waals surface area contributed by atoms with Crippen LogP contribution in [0.5, 0.6) is 0 Å². The van der Waals surface area contributed by atoms with E-state index >= 15 is 0 Å². The number of aliphatic hydroxyl groups excluding tert-OH is 1. The van der Waals surface area contributed by atoms with Gasteiger partial charge in [-0.1, -0.05) is 43.2 Å². The second-order valence-electron chi connectivity index (χ2n) is 7.49. The van der Waals surface area contributed by atoms with Gasteiger partial charge in [0.1, 0.15) is 6.61 Å². The molecule has 1 heterocycles. The number of hydrogen-bond acceptors (Lipinski definition) is 6. The molecule has 1 aliphatic carbocycles. The fourth-order valence-corrected chi connectivity index (χ4v) is 5.08. The minimum Gasteiger partial charge on any atom is -0.384 e. The van der Waals surface area contributed by atoms with Gasteiger partial charge in [-0.25, -0.2) is 18.4 Å². The topological polar surface area (TPSA) is 100 Å². The van der Waals surface area contributed by atoms with Crippen LogP contribution in [0.1, 0.15) is 44.2 Å². The molecule has 0 unspecified atom stereocenters. The molecule has 1 fully saturated rings. The fourth-order valence-electron chi connectivity index (χ4n) is 3.76. The first-order valence-corrected chi connectivity index (χ1v) is 12.3. The van der Waals surface area contributed by atoms with Crippen LogP contribution in [0.4, 0.5) is 11.5 Å². The van der Waals surface area contributed by atoms with Crippen molar-refractivity contribution in [2.45, 2.75) is 43.4 Å². The number of aromatic nitrogens is 2.